The summed E-state index contributed by atoms with van der Waals surface area (Å²) < 4.78 is 6.22. The third-order valence-electron chi connectivity index (χ3n) is 6.14. The molecule has 1 saturated carbocycles. The third-order valence-corrected chi connectivity index (χ3v) is 6.88. The largest absolute Gasteiger partial charge is 0.373 e. The fraction of sp³-hybridized carbons (Fsp3) is 0.421. The number of halogens is 2. The summed E-state index contributed by atoms with van der Waals surface area (Å²) in [4.78, 5) is 21.4. The Balaban J connectivity index is 1.45. The van der Waals surface area contributed by atoms with Gasteiger partial charge in [0.05, 0.1) is 28.2 Å². The topological polar surface area (TPSA) is 64.1 Å². The van der Waals surface area contributed by atoms with Gasteiger partial charge in [-0.15, -0.1) is 0 Å². The van der Waals surface area contributed by atoms with Crippen LogP contribution in [-0.2, 0) is 9.53 Å². The number of hydrogen-bond donors (Lipinski definition) is 1. The molecule has 5 nitrogen and oxygen atoms in total. The second-order valence-electron chi connectivity index (χ2n) is 7.42. The summed E-state index contributed by atoms with van der Waals surface area (Å²) in [5.74, 6) is 1.29. The predicted molar refractivity (Wildman–Crippen MR) is 98.2 cm³/mol. The van der Waals surface area contributed by atoms with Crippen LogP contribution in [0.25, 0.3) is 0 Å². The molecule has 2 aliphatic heterocycles. The lowest BCUT2D eigenvalue weighted by atomic mass is 9.75. The van der Waals surface area contributed by atoms with Crippen LogP contribution < -0.4 is 5.32 Å². The van der Waals surface area contributed by atoms with E-state index in [1.807, 2.05) is 0 Å². The van der Waals surface area contributed by atoms with Crippen molar-refractivity contribution >= 4 is 34.8 Å². The average Bonchev–Trinajstić information content (AvgIpc) is 3.02. The minimum atomic E-state index is -0.258. The van der Waals surface area contributed by atoms with Gasteiger partial charge in [-0.3, -0.25) is 4.79 Å². The molecule has 1 aliphatic carbocycles. The highest BCUT2D eigenvalue weighted by atomic mass is 35.5. The minimum absolute atomic E-state index is 0.0184. The molecule has 3 heterocycles. The van der Waals surface area contributed by atoms with Crippen LogP contribution in [0.5, 0.6) is 0 Å². The monoisotopic (exact) mass is 389 g/mol. The van der Waals surface area contributed by atoms with E-state index >= 15 is 0 Å². The number of carbonyl (C=O) groups excluding carboxylic acids is 1. The lowest BCUT2D eigenvalue weighted by Gasteiger charge is -2.26. The zero-order valence-corrected chi connectivity index (χ0v) is 15.5. The number of ether oxygens (including phenoxy) is 1. The van der Waals surface area contributed by atoms with Crippen molar-refractivity contribution in [2.45, 2.75) is 25.0 Å². The van der Waals surface area contributed by atoms with Gasteiger partial charge in [0, 0.05) is 24.0 Å². The first kappa shape index (κ1) is 16.5. The van der Waals surface area contributed by atoms with Gasteiger partial charge in [-0.25, -0.2) is 9.97 Å². The van der Waals surface area contributed by atoms with Crippen LogP contribution in [-0.4, -0.2) is 28.1 Å². The van der Waals surface area contributed by atoms with E-state index in [0.717, 1.165) is 5.56 Å². The van der Waals surface area contributed by atoms with E-state index in [1.54, 1.807) is 30.6 Å². The standard InChI is InChI=1S/C19H17Cl2N3O2/c1-8-13-14(8)18-16(15(17(13)26-18)9-5-22-7-23-6-9)19(25)24-10-2-3-11(20)12(21)4-10/h2-8,13-18H,1H3,(H,24,25). The number of hydrogen-bond acceptors (Lipinski definition) is 4. The molecule has 3 aliphatic rings. The number of nitrogens with zero attached hydrogens (tertiary/aromatic N) is 2. The summed E-state index contributed by atoms with van der Waals surface area (Å²) in [5.41, 5.74) is 1.60. The molecule has 7 atom stereocenters. The Kier molecular flexibility index (Phi) is 3.75. The number of carbonyl (C=O) groups is 1. The second-order valence-corrected chi connectivity index (χ2v) is 8.24. The first-order valence-corrected chi connectivity index (χ1v) is 9.48. The maximum Gasteiger partial charge on any atom is 0.230 e. The molecule has 0 radical (unpaired) electrons. The molecule has 7 unspecified atom stereocenters. The van der Waals surface area contributed by atoms with Gasteiger partial charge < -0.3 is 10.1 Å². The van der Waals surface area contributed by atoms with Gasteiger partial charge in [0.15, 0.2) is 0 Å². The SMILES string of the molecule is CC1C2C3OC(C(c4cncnc4)C3C(=O)Nc3ccc(Cl)c(Cl)c3)C12. The van der Waals surface area contributed by atoms with E-state index in [4.69, 9.17) is 27.9 Å². The molecule has 1 amide bonds. The van der Waals surface area contributed by atoms with Gasteiger partial charge >= 0.3 is 0 Å². The van der Waals surface area contributed by atoms with E-state index in [1.165, 1.54) is 6.33 Å². The van der Waals surface area contributed by atoms with E-state index in [2.05, 4.69) is 22.2 Å². The van der Waals surface area contributed by atoms with Crippen molar-refractivity contribution in [1.82, 2.24) is 9.97 Å². The number of aromatic nitrogens is 2. The summed E-state index contributed by atoms with van der Waals surface area (Å²) in [6, 6.07) is 5.10. The van der Waals surface area contributed by atoms with Crippen molar-refractivity contribution in [3.05, 3.63) is 52.5 Å². The van der Waals surface area contributed by atoms with Crippen molar-refractivity contribution in [3.8, 4) is 0 Å². The van der Waals surface area contributed by atoms with Crippen LogP contribution in [0.15, 0.2) is 36.9 Å². The normalized spacial score (nSPS) is 36.7. The van der Waals surface area contributed by atoms with Crippen LogP contribution in [0.4, 0.5) is 5.69 Å². The van der Waals surface area contributed by atoms with Crippen LogP contribution in [0.2, 0.25) is 10.0 Å². The lowest BCUT2D eigenvalue weighted by molar-refractivity contribution is -0.122. The summed E-state index contributed by atoms with van der Waals surface area (Å²) in [6.45, 7) is 2.25. The average molecular weight is 390 g/mol. The third kappa shape index (κ3) is 2.38. The number of anilines is 1. The zero-order chi connectivity index (χ0) is 18.0. The number of benzene rings is 1. The van der Waals surface area contributed by atoms with Crippen molar-refractivity contribution < 1.29 is 9.53 Å². The van der Waals surface area contributed by atoms with Gasteiger partial charge in [0.1, 0.15) is 6.33 Å². The zero-order valence-electron chi connectivity index (χ0n) is 14.0. The van der Waals surface area contributed by atoms with Crippen LogP contribution in [0.1, 0.15) is 18.4 Å². The van der Waals surface area contributed by atoms with E-state index in [9.17, 15) is 4.79 Å². The molecule has 7 heteroatoms. The summed E-state index contributed by atoms with van der Waals surface area (Å²) in [5, 5.41) is 3.86. The Morgan fingerprint density at radius 3 is 2.58 bits per heavy atom. The maximum absolute atomic E-state index is 13.1. The quantitative estimate of drug-likeness (QED) is 0.866. The Bertz CT molecular complexity index is 878. The fourth-order valence-corrected chi connectivity index (χ4v) is 5.27. The first-order chi connectivity index (χ1) is 12.6. The van der Waals surface area contributed by atoms with E-state index in [-0.39, 0.29) is 30.0 Å². The number of fused-ring (bicyclic) bond motifs is 5. The molecule has 1 aromatic carbocycles. The number of nitrogens with one attached hydrogen (secondary N) is 1. The van der Waals surface area contributed by atoms with Gasteiger partial charge in [-0.1, -0.05) is 30.1 Å². The van der Waals surface area contributed by atoms with Crippen LogP contribution >= 0.6 is 23.2 Å². The molecule has 3 fully saturated rings. The van der Waals surface area contributed by atoms with Gasteiger partial charge in [0.2, 0.25) is 5.91 Å². The Morgan fingerprint density at radius 2 is 1.85 bits per heavy atom. The highest BCUT2D eigenvalue weighted by Crippen LogP contribution is 2.68. The smallest absolute Gasteiger partial charge is 0.230 e. The van der Waals surface area contributed by atoms with Crippen molar-refractivity contribution in [3.63, 3.8) is 0 Å². The number of amides is 1. The highest BCUT2D eigenvalue weighted by molar-refractivity contribution is 6.42. The molecule has 2 saturated heterocycles. The Labute approximate surface area is 161 Å². The lowest BCUT2D eigenvalue weighted by Crippen LogP contribution is -2.37. The minimum Gasteiger partial charge on any atom is -0.373 e. The van der Waals surface area contributed by atoms with Crippen LogP contribution in [0.3, 0.4) is 0 Å². The molecule has 134 valence electrons. The maximum atomic E-state index is 13.1. The Hall–Kier alpha value is -1.69. The predicted octanol–water partition coefficient (Wildman–Crippen LogP) is 3.79. The van der Waals surface area contributed by atoms with Crippen LogP contribution in [0, 0.1) is 23.7 Å². The summed E-state index contributed by atoms with van der Waals surface area (Å²) >= 11 is 12.0. The number of rotatable bonds is 3. The van der Waals surface area contributed by atoms with Crippen molar-refractivity contribution in [2.75, 3.05) is 5.32 Å². The molecule has 26 heavy (non-hydrogen) atoms. The molecule has 2 bridgehead atoms. The molecule has 1 aromatic heterocycles. The molecule has 2 aromatic rings. The van der Waals surface area contributed by atoms with Gasteiger partial charge in [0.25, 0.3) is 0 Å². The molecule has 0 spiro atoms. The van der Waals surface area contributed by atoms with Crippen molar-refractivity contribution in [1.29, 1.82) is 0 Å². The van der Waals surface area contributed by atoms with E-state index in [0.29, 0.717) is 33.5 Å². The van der Waals surface area contributed by atoms with Crippen molar-refractivity contribution in [2.24, 2.45) is 23.7 Å². The molecular formula is C19H17Cl2N3O2. The molecule has 1 N–H and O–H groups in total. The Morgan fingerprint density at radius 1 is 1.12 bits per heavy atom. The van der Waals surface area contributed by atoms with E-state index < -0.39 is 0 Å². The fourth-order valence-electron chi connectivity index (χ4n) is 4.97. The van der Waals surface area contributed by atoms with Gasteiger partial charge in [-0.05, 0) is 41.5 Å². The van der Waals surface area contributed by atoms with Gasteiger partial charge in [-0.2, -0.15) is 0 Å². The summed E-state index contributed by atoms with van der Waals surface area (Å²) in [6.07, 6.45) is 5.11. The second kappa shape index (κ2) is 5.91. The molecular weight excluding hydrogens is 373 g/mol. The first-order valence-electron chi connectivity index (χ1n) is 8.72. The summed E-state index contributed by atoms with van der Waals surface area (Å²) in [7, 11) is 0. The molecule has 5 rings (SSSR count). The highest BCUT2D eigenvalue weighted by Gasteiger charge is 2.72.